The average molecular weight is 193 g/mol. The zero-order chi connectivity index (χ0) is 10.0. The molecule has 0 aliphatic heterocycles. The zero-order valence-corrected chi connectivity index (χ0v) is 9.05. The fourth-order valence-corrected chi connectivity index (χ4v) is 1.84. The molecule has 1 saturated carbocycles. The van der Waals surface area contributed by atoms with Gasteiger partial charge in [-0.2, -0.15) is 0 Å². The molecule has 1 aliphatic carbocycles. The minimum Gasteiger partial charge on any atom is -0.468 e. The van der Waals surface area contributed by atoms with Crippen LogP contribution >= 0.6 is 0 Å². The third-order valence-electron chi connectivity index (χ3n) is 3.46. The van der Waals surface area contributed by atoms with Crippen LogP contribution < -0.4 is 5.32 Å². The van der Waals surface area contributed by atoms with Gasteiger partial charge in [0.2, 0.25) is 0 Å². The summed E-state index contributed by atoms with van der Waals surface area (Å²) < 4.78 is 5.35. The second-order valence-corrected chi connectivity index (χ2v) is 4.47. The van der Waals surface area contributed by atoms with Crippen molar-refractivity contribution in [1.29, 1.82) is 0 Å². The van der Waals surface area contributed by atoms with Crippen LogP contribution in [0.2, 0.25) is 0 Å². The van der Waals surface area contributed by atoms with Gasteiger partial charge >= 0.3 is 0 Å². The quantitative estimate of drug-likeness (QED) is 0.777. The lowest BCUT2D eigenvalue weighted by Gasteiger charge is -2.17. The molecule has 0 radical (unpaired) electrons. The Morgan fingerprint density at radius 2 is 2.36 bits per heavy atom. The van der Waals surface area contributed by atoms with Gasteiger partial charge in [-0.15, -0.1) is 0 Å². The molecule has 1 N–H and O–H groups in total. The average Bonchev–Trinajstić information content (AvgIpc) is 2.78. The first-order valence-corrected chi connectivity index (χ1v) is 5.52. The van der Waals surface area contributed by atoms with E-state index >= 15 is 0 Å². The lowest BCUT2D eigenvalue weighted by molar-refractivity contribution is 0.376. The van der Waals surface area contributed by atoms with E-state index in [1.54, 1.807) is 6.26 Å². The molecule has 1 heterocycles. The van der Waals surface area contributed by atoms with Crippen LogP contribution in [0.15, 0.2) is 22.8 Å². The summed E-state index contributed by atoms with van der Waals surface area (Å²) in [6.45, 7) is 5.57. The smallest absolute Gasteiger partial charge is 0.120 e. The molecule has 1 unspecified atom stereocenters. The maximum atomic E-state index is 5.35. The van der Waals surface area contributed by atoms with Gasteiger partial charge < -0.3 is 9.73 Å². The van der Waals surface area contributed by atoms with Crippen molar-refractivity contribution in [2.45, 2.75) is 39.2 Å². The number of nitrogens with one attached hydrogen (secondary N) is 1. The standard InChI is InChI=1S/C12H19NO/c1-3-12(6-7-12)9-13-10(2)11-5-4-8-14-11/h4-5,8,10,13H,3,6-7,9H2,1-2H3. The fourth-order valence-electron chi connectivity index (χ4n) is 1.84. The number of hydrogen-bond donors (Lipinski definition) is 1. The van der Waals surface area contributed by atoms with Gasteiger partial charge in [0.05, 0.1) is 12.3 Å². The van der Waals surface area contributed by atoms with Crippen LogP contribution in [0, 0.1) is 5.41 Å². The molecule has 1 aliphatic rings. The van der Waals surface area contributed by atoms with E-state index in [-0.39, 0.29) is 0 Å². The van der Waals surface area contributed by atoms with Gasteiger partial charge in [0, 0.05) is 6.54 Å². The molecule has 1 atom stereocenters. The molecule has 2 nitrogen and oxygen atoms in total. The number of hydrogen-bond acceptors (Lipinski definition) is 2. The molecule has 78 valence electrons. The first-order valence-electron chi connectivity index (χ1n) is 5.52. The van der Waals surface area contributed by atoms with E-state index < -0.39 is 0 Å². The second kappa shape index (κ2) is 3.77. The molecule has 0 aromatic carbocycles. The van der Waals surface area contributed by atoms with E-state index in [9.17, 15) is 0 Å². The van der Waals surface area contributed by atoms with Gasteiger partial charge in [0.25, 0.3) is 0 Å². The Bertz CT molecular complexity index is 275. The van der Waals surface area contributed by atoms with E-state index in [0.717, 1.165) is 12.3 Å². The van der Waals surface area contributed by atoms with Crippen LogP contribution in [0.5, 0.6) is 0 Å². The molecule has 1 aromatic rings. The highest BCUT2D eigenvalue weighted by Gasteiger charge is 2.40. The summed E-state index contributed by atoms with van der Waals surface area (Å²) in [5, 5.41) is 3.54. The predicted octanol–water partition coefficient (Wildman–Crippen LogP) is 3.12. The van der Waals surface area contributed by atoms with Crippen molar-refractivity contribution in [3.05, 3.63) is 24.2 Å². The Balaban J connectivity index is 1.81. The highest BCUT2D eigenvalue weighted by atomic mass is 16.3. The van der Waals surface area contributed by atoms with Crippen LogP contribution in [-0.2, 0) is 0 Å². The summed E-state index contributed by atoms with van der Waals surface area (Å²) in [5.74, 6) is 1.04. The largest absolute Gasteiger partial charge is 0.468 e. The Morgan fingerprint density at radius 3 is 2.86 bits per heavy atom. The molecule has 14 heavy (non-hydrogen) atoms. The van der Waals surface area contributed by atoms with Crippen LogP contribution in [0.4, 0.5) is 0 Å². The van der Waals surface area contributed by atoms with Crippen molar-refractivity contribution in [2.75, 3.05) is 6.54 Å². The summed E-state index contributed by atoms with van der Waals surface area (Å²) in [7, 11) is 0. The molecule has 0 amide bonds. The molecule has 2 heteroatoms. The summed E-state index contributed by atoms with van der Waals surface area (Å²) in [5.41, 5.74) is 0.612. The van der Waals surface area contributed by atoms with Crippen molar-refractivity contribution in [2.24, 2.45) is 5.41 Å². The summed E-state index contributed by atoms with van der Waals surface area (Å²) in [6.07, 6.45) is 5.81. The van der Waals surface area contributed by atoms with Crippen molar-refractivity contribution in [3.63, 3.8) is 0 Å². The predicted molar refractivity (Wildman–Crippen MR) is 57.1 cm³/mol. The normalized spacial score (nSPS) is 20.7. The van der Waals surface area contributed by atoms with E-state index in [2.05, 4.69) is 19.2 Å². The van der Waals surface area contributed by atoms with Crippen molar-refractivity contribution < 1.29 is 4.42 Å². The first-order chi connectivity index (χ1) is 6.76. The minimum atomic E-state index is 0.342. The van der Waals surface area contributed by atoms with Gasteiger partial charge in [-0.1, -0.05) is 6.92 Å². The number of rotatable bonds is 5. The molecule has 0 spiro atoms. The Hall–Kier alpha value is -0.760. The zero-order valence-electron chi connectivity index (χ0n) is 9.05. The van der Waals surface area contributed by atoms with Gasteiger partial charge in [-0.3, -0.25) is 0 Å². The van der Waals surface area contributed by atoms with E-state index in [0.29, 0.717) is 11.5 Å². The summed E-state index contributed by atoms with van der Waals surface area (Å²) in [4.78, 5) is 0. The topological polar surface area (TPSA) is 25.2 Å². The van der Waals surface area contributed by atoms with E-state index in [4.69, 9.17) is 4.42 Å². The maximum Gasteiger partial charge on any atom is 0.120 e. The monoisotopic (exact) mass is 193 g/mol. The Morgan fingerprint density at radius 1 is 1.57 bits per heavy atom. The highest BCUT2D eigenvalue weighted by molar-refractivity contribution is 5.04. The molecule has 1 fully saturated rings. The molecular formula is C12H19NO. The van der Waals surface area contributed by atoms with Crippen molar-refractivity contribution >= 4 is 0 Å². The Kier molecular flexibility index (Phi) is 2.64. The SMILES string of the molecule is CCC1(CNC(C)c2ccco2)CC1. The summed E-state index contributed by atoms with van der Waals surface area (Å²) >= 11 is 0. The third-order valence-corrected chi connectivity index (χ3v) is 3.46. The van der Waals surface area contributed by atoms with Crippen LogP contribution in [-0.4, -0.2) is 6.54 Å². The molecular weight excluding hydrogens is 174 g/mol. The van der Waals surface area contributed by atoms with Gasteiger partial charge in [-0.05, 0) is 43.7 Å². The minimum absolute atomic E-state index is 0.342. The van der Waals surface area contributed by atoms with E-state index in [1.807, 2.05) is 12.1 Å². The summed E-state index contributed by atoms with van der Waals surface area (Å²) in [6, 6.07) is 4.32. The van der Waals surface area contributed by atoms with Crippen LogP contribution in [0.1, 0.15) is 44.9 Å². The molecule has 2 rings (SSSR count). The maximum absolute atomic E-state index is 5.35. The van der Waals surface area contributed by atoms with Crippen LogP contribution in [0.3, 0.4) is 0 Å². The first kappa shape index (κ1) is 9.78. The van der Waals surface area contributed by atoms with Gasteiger partial charge in [0.15, 0.2) is 0 Å². The highest BCUT2D eigenvalue weighted by Crippen LogP contribution is 2.48. The van der Waals surface area contributed by atoms with E-state index in [1.165, 1.54) is 19.3 Å². The fraction of sp³-hybridized carbons (Fsp3) is 0.667. The molecule has 1 aromatic heterocycles. The van der Waals surface area contributed by atoms with Gasteiger partial charge in [-0.25, -0.2) is 0 Å². The lowest BCUT2D eigenvalue weighted by Crippen LogP contribution is -2.26. The third kappa shape index (κ3) is 2.01. The van der Waals surface area contributed by atoms with Gasteiger partial charge in [0.1, 0.15) is 5.76 Å². The van der Waals surface area contributed by atoms with Crippen molar-refractivity contribution in [1.82, 2.24) is 5.32 Å². The molecule has 0 saturated heterocycles. The van der Waals surface area contributed by atoms with Crippen molar-refractivity contribution in [3.8, 4) is 0 Å². The van der Waals surface area contributed by atoms with Crippen LogP contribution in [0.25, 0.3) is 0 Å². The Labute approximate surface area is 85.7 Å². The number of furan rings is 1. The molecule has 0 bridgehead atoms. The lowest BCUT2D eigenvalue weighted by atomic mass is 10.0. The second-order valence-electron chi connectivity index (χ2n) is 4.47.